The summed E-state index contributed by atoms with van der Waals surface area (Å²) in [4.78, 5) is 35.0. The van der Waals surface area contributed by atoms with Crippen LogP contribution in [0.25, 0.3) is 5.57 Å². The standard InChI is InChI=1S/C15H15NO5/c1-3-20-13(17)8-11-10-6-5-9(15(19)21-4-2)7-12(10)16-14(11)18/h5-8H,3-4H2,1-2H3,(H,16,18). The fourth-order valence-electron chi connectivity index (χ4n) is 1.98. The van der Waals surface area contributed by atoms with Crippen LogP contribution < -0.4 is 5.32 Å². The van der Waals surface area contributed by atoms with Crippen LogP contribution in [-0.2, 0) is 19.1 Å². The van der Waals surface area contributed by atoms with Gasteiger partial charge in [-0.25, -0.2) is 9.59 Å². The zero-order chi connectivity index (χ0) is 15.4. The SMILES string of the molecule is CCOC(=O)C=C1C(=O)Nc2cc(C(=O)OCC)ccc21. The van der Waals surface area contributed by atoms with Gasteiger partial charge in [0.1, 0.15) is 0 Å². The van der Waals surface area contributed by atoms with Crippen molar-refractivity contribution in [3.8, 4) is 0 Å². The van der Waals surface area contributed by atoms with Gasteiger partial charge in [0.05, 0.1) is 24.4 Å². The molecular formula is C15H15NO5. The van der Waals surface area contributed by atoms with Crippen LogP contribution in [0.2, 0.25) is 0 Å². The molecule has 1 N–H and O–H groups in total. The van der Waals surface area contributed by atoms with E-state index in [1.807, 2.05) is 0 Å². The predicted octanol–water partition coefficient (Wildman–Crippen LogP) is 1.76. The maximum Gasteiger partial charge on any atom is 0.338 e. The molecule has 0 unspecified atom stereocenters. The van der Waals surface area contributed by atoms with Crippen molar-refractivity contribution in [3.05, 3.63) is 35.4 Å². The van der Waals surface area contributed by atoms with Crippen LogP contribution in [0.1, 0.15) is 29.8 Å². The van der Waals surface area contributed by atoms with E-state index >= 15 is 0 Å². The van der Waals surface area contributed by atoms with E-state index in [9.17, 15) is 14.4 Å². The van der Waals surface area contributed by atoms with E-state index in [4.69, 9.17) is 9.47 Å². The number of hydrogen-bond acceptors (Lipinski definition) is 5. The highest BCUT2D eigenvalue weighted by Crippen LogP contribution is 2.32. The summed E-state index contributed by atoms with van der Waals surface area (Å²) >= 11 is 0. The topological polar surface area (TPSA) is 81.7 Å². The number of carbonyl (C=O) groups excluding carboxylic acids is 3. The highest BCUT2D eigenvalue weighted by molar-refractivity contribution is 6.33. The number of rotatable bonds is 4. The third kappa shape index (κ3) is 3.10. The smallest absolute Gasteiger partial charge is 0.338 e. The van der Waals surface area contributed by atoms with Crippen molar-refractivity contribution >= 4 is 29.1 Å². The van der Waals surface area contributed by atoms with Crippen LogP contribution in [0.5, 0.6) is 0 Å². The second-order valence-electron chi connectivity index (χ2n) is 4.25. The lowest BCUT2D eigenvalue weighted by Gasteiger charge is -2.04. The Labute approximate surface area is 121 Å². The van der Waals surface area contributed by atoms with Crippen molar-refractivity contribution in [2.45, 2.75) is 13.8 Å². The molecule has 0 fully saturated rings. The molecular weight excluding hydrogens is 274 g/mol. The maximum atomic E-state index is 11.9. The summed E-state index contributed by atoms with van der Waals surface area (Å²) in [5, 5.41) is 2.61. The van der Waals surface area contributed by atoms with Crippen molar-refractivity contribution in [1.82, 2.24) is 0 Å². The van der Waals surface area contributed by atoms with Crippen molar-refractivity contribution in [1.29, 1.82) is 0 Å². The Morgan fingerprint density at radius 3 is 2.57 bits per heavy atom. The first kappa shape index (κ1) is 14.8. The molecule has 0 spiro atoms. The van der Waals surface area contributed by atoms with Gasteiger partial charge >= 0.3 is 11.9 Å². The van der Waals surface area contributed by atoms with Crippen molar-refractivity contribution in [3.63, 3.8) is 0 Å². The first-order valence-electron chi connectivity index (χ1n) is 6.58. The van der Waals surface area contributed by atoms with E-state index in [-0.39, 0.29) is 18.8 Å². The predicted molar refractivity (Wildman–Crippen MR) is 75.6 cm³/mol. The zero-order valence-electron chi connectivity index (χ0n) is 11.8. The minimum atomic E-state index is -0.579. The summed E-state index contributed by atoms with van der Waals surface area (Å²) < 4.78 is 9.69. The van der Waals surface area contributed by atoms with Crippen LogP contribution in [0.4, 0.5) is 5.69 Å². The molecule has 0 atom stereocenters. The van der Waals surface area contributed by atoms with Crippen LogP contribution in [-0.4, -0.2) is 31.1 Å². The van der Waals surface area contributed by atoms with Crippen molar-refractivity contribution in [2.75, 3.05) is 18.5 Å². The summed E-state index contributed by atoms with van der Waals surface area (Å²) in [5.74, 6) is -1.44. The number of fused-ring (bicyclic) bond motifs is 1. The molecule has 1 aliphatic heterocycles. The molecule has 2 rings (SSSR count). The van der Waals surface area contributed by atoms with E-state index in [1.165, 1.54) is 6.07 Å². The summed E-state index contributed by atoms with van der Waals surface area (Å²) in [7, 11) is 0. The lowest BCUT2D eigenvalue weighted by Crippen LogP contribution is -2.07. The number of ether oxygens (including phenoxy) is 2. The molecule has 0 saturated carbocycles. The molecule has 0 saturated heterocycles. The van der Waals surface area contributed by atoms with E-state index in [0.717, 1.165) is 6.08 Å². The van der Waals surface area contributed by atoms with Crippen LogP contribution in [0, 0.1) is 0 Å². The summed E-state index contributed by atoms with van der Waals surface area (Å²) in [5.41, 5.74) is 1.59. The fourth-order valence-corrected chi connectivity index (χ4v) is 1.98. The molecule has 1 aromatic rings. The van der Waals surface area contributed by atoms with Gasteiger partial charge in [0, 0.05) is 17.3 Å². The highest BCUT2D eigenvalue weighted by atomic mass is 16.5. The molecule has 21 heavy (non-hydrogen) atoms. The van der Waals surface area contributed by atoms with Gasteiger partial charge in [-0.15, -0.1) is 0 Å². The minimum Gasteiger partial charge on any atom is -0.463 e. The number of anilines is 1. The number of nitrogens with one attached hydrogen (secondary N) is 1. The quantitative estimate of drug-likeness (QED) is 0.674. The van der Waals surface area contributed by atoms with Gasteiger partial charge in [-0.2, -0.15) is 0 Å². The van der Waals surface area contributed by atoms with Crippen molar-refractivity contribution < 1.29 is 23.9 Å². The van der Waals surface area contributed by atoms with Gasteiger partial charge in [-0.1, -0.05) is 6.07 Å². The summed E-state index contributed by atoms with van der Waals surface area (Å²) in [6.45, 7) is 3.91. The molecule has 110 valence electrons. The first-order chi connectivity index (χ1) is 10.1. The Balaban J connectivity index is 2.32. The monoisotopic (exact) mass is 289 g/mol. The molecule has 1 amide bonds. The van der Waals surface area contributed by atoms with E-state index in [2.05, 4.69) is 5.32 Å². The Bertz CT molecular complexity index is 633. The number of amides is 1. The average molecular weight is 289 g/mol. The average Bonchev–Trinajstić information content (AvgIpc) is 2.75. The number of carbonyl (C=O) groups is 3. The fraction of sp³-hybridized carbons (Fsp3) is 0.267. The van der Waals surface area contributed by atoms with Crippen molar-refractivity contribution in [2.24, 2.45) is 0 Å². The Hall–Kier alpha value is -2.63. The van der Waals surface area contributed by atoms with Gasteiger partial charge in [-0.3, -0.25) is 4.79 Å². The normalized spacial score (nSPS) is 14.6. The largest absolute Gasteiger partial charge is 0.463 e. The highest BCUT2D eigenvalue weighted by Gasteiger charge is 2.26. The molecule has 0 radical (unpaired) electrons. The van der Waals surface area contributed by atoms with Crippen LogP contribution in [0.15, 0.2) is 24.3 Å². The lowest BCUT2D eigenvalue weighted by molar-refractivity contribution is -0.137. The maximum absolute atomic E-state index is 11.9. The molecule has 0 aliphatic carbocycles. The van der Waals surface area contributed by atoms with E-state index < -0.39 is 17.8 Å². The molecule has 6 heteroatoms. The van der Waals surface area contributed by atoms with E-state index in [0.29, 0.717) is 16.8 Å². The Morgan fingerprint density at radius 1 is 1.19 bits per heavy atom. The molecule has 1 aromatic carbocycles. The van der Waals surface area contributed by atoms with Crippen LogP contribution in [0.3, 0.4) is 0 Å². The van der Waals surface area contributed by atoms with Gasteiger partial charge in [-0.05, 0) is 26.0 Å². The number of esters is 2. The first-order valence-corrected chi connectivity index (χ1v) is 6.58. The molecule has 1 heterocycles. The van der Waals surface area contributed by atoms with Gasteiger partial charge in [0.15, 0.2) is 0 Å². The van der Waals surface area contributed by atoms with Gasteiger partial charge < -0.3 is 14.8 Å². The summed E-state index contributed by atoms with van der Waals surface area (Å²) in [6, 6.07) is 4.68. The zero-order valence-corrected chi connectivity index (χ0v) is 11.8. The van der Waals surface area contributed by atoms with Gasteiger partial charge in [0.2, 0.25) is 0 Å². The Morgan fingerprint density at radius 2 is 1.90 bits per heavy atom. The second-order valence-corrected chi connectivity index (χ2v) is 4.25. The van der Waals surface area contributed by atoms with Crippen LogP contribution >= 0.6 is 0 Å². The Kier molecular flexibility index (Phi) is 4.37. The lowest BCUT2D eigenvalue weighted by atomic mass is 10.0. The minimum absolute atomic E-state index is 0.221. The third-order valence-electron chi connectivity index (χ3n) is 2.86. The third-order valence-corrected chi connectivity index (χ3v) is 2.86. The number of hydrogen-bond donors (Lipinski definition) is 1. The summed E-state index contributed by atoms with van der Waals surface area (Å²) in [6.07, 6.45) is 1.15. The van der Waals surface area contributed by atoms with E-state index in [1.54, 1.807) is 26.0 Å². The van der Waals surface area contributed by atoms with Gasteiger partial charge in [0.25, 0.3) is 5.91 Å². The number of benzene rings is 1. The molecule has 0 aromatic heterocycles. The second kappa shape index (κ2) is 6.21. The molecule has 1 aliphatic rings. The molecule has 0 bridgehead atoms. The molecule has 6 nitrogen and oxygen atoms in total.